The van der Waals surface area contributed by atoms with E-state index in [0.717, 1.165) is 10.0 Å². The number of methoxy groups -OCH3 is 1. The van der Waals surface area contributed by atoms with E-state index in [1.807, 2.05) is 24.3 Å². The Labute approximate surface area is 141 Å². The highest BCUT2D eigenvalue weighted by molar-refractivity contribution is 9.10. The molecule has 3 aromatic rings. The second-order valence-corrected chi connectivity index (χ2v) is 5.73. The number of hydrogen-bond donors (Lipinski definition) is 0. The fourth-order valence-corrected chi connectivity index (χ4v) is 2.39. The first-order valence-corrected chi connectivity index (χ1v) is 7.66. The van der Waals surface area contributed by atoms with Crippen molar-refractivity contribution >= 4 is 21.7 Å². The zero-order valence-electron chi connectivity index (χ0n) is 12.3. The Morgan fingerprint density at radius 2 is 1.83 bits per heavy atom. The molecular weight excluding hydrogens is 360 g/mol. The van der Waals surface area contributed by atoms with Crippen LogP contribution in [0.15, 0.2) is 53.0 Å². The molecule has 0 N–H and O–H groups in total. The average molecular weight is 373 g/mol. The number of nitrogens with zero attached hydrogens (tertiary/aromatic N) is 4. The van der Waals surface area contributed by atoms with E-state index in [1.165, 1.54) is 4.68 Å². The van der Waals surface area contributed by atoms with Crippen LogP contribution in [0.5, 0.6) is 5.75 Å². The summed E-state index contributed by atoms with van der Waals surface area (Å²) in [6.07, 6.45) is 0. The van der Waals surface area contributed by atoms with Crippen LogP contribution >= 0.6 is 15.9 Å². The van der Waals surface area contributed by atoms with Gasteiger partial charge in [-0.05, 0) is 46.8 Å². The molecule has 0 aliphatic carbocycles. The lowest BCUT2D eigenvalue weighted by atomic mass is 10.1. The first-order valence-electron chi connectivity index (χ1n) is 6.87. The molecule has 1 aromatic heterocycles. The molecule has 7 heteroatoms. The van der Waals surface area contributed by atoms with Crippen molar-refractivity contribution in [2.75, 3.05) is 7.11 Å². The number of halogens is 1. The van der Waals surface area contributed by atoms with Crippen molar-refractivity contribution in [3.05, 3.63) is 58.6 Å². The van der Waals surface area contributed by atoms with E-state index in [9.17, 15) is 4.79 Å². The van der Waals surface area contributed by atoms with Crippen LogP contribution in [0.1, 0.15) is 10.4 Å². The largest absolute Gasteiger partial charge is 0.497 e. The highest BCUT2D eigenvalue weighted by Crippen LogP contribution is 2.19. The number of ketones is 1. The van der Waals surface area contributed by atoms with Crippen LogP contribution in [-0.2, 0) is 6.54 Å². The first-order chi connectivity index (χ1) is 11.2. The fraction of sp³-hybridized carbons (Fsp3) is 0.125. The van der Waals surface area contributed by atoms with E-state index in [2.05, 4.69) is 31.5 Å². The fourth-order valence-electron chi connectivity index (χ4n) is 2.12. The lowest BCUT2D eigenvalue weighted by Gasteiger charge is -2.05. The summed E-state index contributed by atoms with van der Waals surface area (Å²) in [5.74, 6) is 1.19. The first kappa shape index (κ1) is 15.4. The maximum atomic E-state index is 12.4. The molecule has 116 valence electrons. The van der Waals surface area contributed by atoms with E-state index < -0.39 is 0 Å². The van der Waals surface area contributed by atoms with Gasteiger partial charge in [0.25, 0.3) is 0 Å². The van der Waals surface area contributed by atoms with E-state index >= 15 is 0 Å². The number of carbonyl (C=O) groups excluding carboxylic acids is 1. The monoisotopic (exact) mass is 372 g/mol. The summed E-state index contributed by atoms with van der Waals surface area (Å²) >= 11 is 3.39. The molecule has 3 rings (SSSR count). The molecule has 0 aliphatic heterocycles. The average Bonchev–Trinajstić information content (AvgIpc) is 3.03. The van der Waals surface area contributed by atoms with Gasteiger partial charge in [0.15, 0.2) is 11.6 Å². The third kappa shape index (κ3) is 3.45. The zero-order chi connectivity index (χ0) is 16.2. The third-order valence-electron chi connectivity index (χ3n) is 3.34. The lowest BCUT2D eigenvalue weighted by Crippen LogP contribution is -2.13. The second kappa shape index (κ2) is 6.70. The Hall–Kier alpha value is -2.54. The zero-order valence-corrected chi connectivity index (χ0v) is 13.9. The van der Waals surface area contributed by atoms with E-state index in [4.69, 9.17) is 4.74 Å². The third-order valence-corrected chi connectivity index (χ3v) is 3.87. The molecule has 0 radical (unpaired) electrons. The normalized spacial score (nSPS) is 10.5. The Bertz CT molecular complexity index is 813. The van der Waals surface area contributed by atoms with Crippen LogP contribution in [-0.4, -0.2) is 33.1 Å². The molecule has 0 fully saturated rings. The van der Waals surface area contributed by atoms with Crippen molar-refractivity contribution in [2.24, 2.45) is 0 Å². The van der Waals surface area contributed by atoms with Gasteiger partial charge in [-0.2, -0.15) is 0 Å². The maximum absolute atomic E-state index is 12.4. The molecule has 0 atom stereocenters. The summed E-state index contributed by atoms with van der Waals surface area (Å²) in [5.41, 5.74) is 1.43. The number of hydrogen-bond acceptors (Lipinski definition) is 5. The Morgan fingerprint density at radius 3 is 2.48 bits per heavy atom. The molecule has 2 aromatic carbocycles. The number of carbonyl (C=O) groups is 1. The molecule has 6 nitrogen and oxygen atoms in total. The van der Waals surface area contributed by atoms with Crippen molar-refractivity contribution < 1.29 is 9.53 Å². The summed E-state index contributed by atoms with van der Waals surface area (Å²) in [6, 6.07) is 14.5. The molecular formula is C16H13BrN4O2. The number of aromatic nitrogens is 4. The molecule has 0 amide bonds. The van der Waals surface area contributed by atoms with Gasteiger partial charge in [0, 0.05) is 15.6 Å². The van der Waals surface area contributed by atoms with E-state index in [1.54, 1.807) is 31.4 Å². The van der Waals surface area contributed by atoms with Crippen LogP contribution in [0.3, 0.4) is 0 Å². The van der Waals surface area contributed by atoms with Gasteiger partial charge < -0.3 is 4.74 Å². The highest BCUT2D eigenvalue weighted by atomic mass is 79.9. The van der Waals surface area contributed by atoms with Crippen molar-refractivity contribution in [2.45, 2.75) is 6.54 Å². The van der Waals surface area contributed by atoms with Gasteiger partial charge >= 0.3 is 0 Å². The number of benzene rings is 2. The maximum Gasteiger partial charge on any atom is 0.184 e. The van der Waals surface area contributed by atoms with Crippen LogP contribution in [0, 0.1) is 0 Å². The molecule has 0 spiro atoms. The number of tetrazole rings is 1. The summed E-state index contributed by atoms with van der Waals surface area (Å²) in [7, 11) is 1.59. The summed E-state index contributed by atoms with van der Waals surface area (Å²) in [5, 5.41) is 11.6. The minimum atomic E-state index is -0.0710. The van der Waals surface area contributed by atoms with E-state index in [-0.39, 0.29) is 12.3 Å². The summed E-state index contributed by atoms with van der Waals surface area (Å²) < 4.78 is 7.55. The predicted molar refractivity (Wildman–Crippen MR) is 88.3 cm³/mol. The van der Waals surface area contributed by atoms with Crippen molar-refractivity contribution in [1.29, 1.82) is 0 Å². The SMILES string of the molecule is COc1ccc(C(=O)Cn2nnnc2-c2ccc(Br)cc2)cc1. The quantitative estimate of drug-likeness (QED) is 0.643. The lowest BCUT2D eigenvalue weighted by molar-refractivity contribution is 0.0967. The molecule has 0 saturated carbocycles. The number of rotatable bonds is 5. The predicted octanol–water partition coefficient (Wildman–Crippen LogP) is 2.99. The topological polar surface area (TPSA) is 69.9 Å². The van der Waals surface area contributed by atoms with Crippen molar-refractivity contribution in [3.8, 4) is 17.1 Å². The summed E-state index contributed by atoms with van der Waals surface area (Å²) in [6.45, 7) is 0.0741. The highest BCUT2D eigenvalue weighted by Gasteiger charge is 2.13. The van der Waals surface area contributed by atoms with Gasteiger partial charge in [0.2, 0.25) is 0 Å². The van der Waals surface area contributed by atoms with E-state index in [0.29, 0.717) is 17.1 Å². The summed E-state index contributed by atoms with van der Waals surface area (Å²) in [4.78, 5) is 12.4. The minimum Gasteiger partial charge on any atom is -0.497 e. The number of ether oxygens (including phenoxy) is 1. The van der Waals surface area contributed by atoms with Gasteiger partial charge in [-0.3, -0.25) is 4.79 Å². The Morgan fingerprint density at radius 1 is 1.13 bits per heavy atom. The minimum absolute atomic E-state index is 0.0710. The molecule has 0 aliphatic rings. The van der Waals surface area contributed by atoms with Crippen LogP contribution in [0.4, 0.5) is 0 Å². The molecule has 23 heavy (non-hydrogen) atoms. The Kier molecular flexibility index (Phi) is 4.47. The van der Waals surface area contributed by atoms with Gasteiger partial charge in [-0.25, -0.2) is 4.68 Å². The van der Waals surface area contributed by atoms with Gasteiger partial charge in [-0.1, -0.05) is 28.1 Å². The van der Waals surface area contributed by atoms with Crippen LogP contribution < -0.4 is 4.74 Å². The smallest absolute Gasteiger partial charge is 0.184 e. The van der Waals surface area contributed by atoms with Crippen LogP contribution in [0.25, 0.3) is 11.4 Å². The number of Topliss-reactive ketones (excluding diaryl/α,β-unsaturated/α-hetero) is 1. The van der Waals surface area contributed by atoms with Crippen molar-refractivity contribution in [3.63, 3.8) is 0 Å². The molecule has 0 saturated heterocycles. The van der Waals surface area contributed by atoms with Crippen LogP contribution in [0.2, 0.25) is 0 Å². The molecule has 0 unspecified atom stereocenters. The Balaban J connectivity index is 1.81. The standard InChI is InChI=1S/C16H13BrN4O2/c1-23-14-8-4-11(5-9-14)15(22)10-21-16(18-19-20-21)12-2-6-13(17)7-3-12/h2-9H,10H2,1H3. The second-order valence-electron chi connectivity index (χ2n) is 4.82. The van der Waals surface area contributed by atoms with Gasteiger partial charge in [0.1, 0.15) is 12.3 Å². The molecule has 0 bridgehead atoms. The van der Waals surface area contributed by atoms with Crippen molar-refractivity contribution in [1.82, 2.24) is 20.2 Å². The van der Waals surface area contributed by atoms with Gasteiger partial charge in [0.05, 0.1) is 7.11 Å². The molecule has 1 heterocycles. The van der Waals surface area contributed by atoms with Gasteiger partial charge in [-0.15, -0.1) is 5.10 Å².